The molecule has 120 valence electrons. The molecule has 0 aliphatic carbocycles. The van der Waals surface area contributed by atoms with Crippen molar-refractivity contribution in [3.05, 3.63) is 35.4 Å². The number of ether oxygens (including phenoxy) is 1. The fourth-order valence-electron chi connectivity index (χ4n) is 2.76. The van der Waals surface area contributed by atoms with Gasteiger partial charge in [0.1, 0.15) is 0 Å². The van der Waals surface area contributed by atoms with Gasteiger partial charge in [0.15, 0.2) is 0 Å². The van der Waals surface area contributed by atoms with E-state index < -0.39 is 5.54 Å². The maximum atomic E-state index is 12.5. The van der Waals surface area contributed by atoms with Crippen LogP contribution in [-0.2, 0) is 4.74 Å². The molecule has 0 fully saturated rings. The standard InChI is InChI=1S/C18H25NO3/c1-4-5-6-9-12-22-13-18(2,3)19-16(20)14-10-7-8-11-15(14)17(19)21/h7-8,10-11H,4-6,9,12-13H2,1-3H3. The second kappa shape index (κ2) is 7.05. The molecule has 4 nitrogen and oxygen atoms in total. The van der Waals surface area contributed by atoms with Crippen LogP contribution < -0.4 is 0 Å². The van der Waals surface area contributed by atoms with Gasteiger partial charge in [-0.05, 0) is 32.4 Å². The van der Waals surface area contributed by atoms with E-state index in [0.717, 1.165) is 12.8 Å². The Morgan fingerprint density at radius 2 is 1.59 bits per heavy atom. The minimum absolute atomic E-state index is 0.222. The first-order valence-corrected chi connectivity index (χ1v) is 8.04. The van der Waals surface area contributed by atoms with Gasteiger partial charge in [-0.1, -0.05) is 38.3 Å². The number of imide groups is 1. The van der Waals surface area contributed by atoms with Crippen molar-refractivity contribution < 1.29 is 14.3 Å². The quantitative estimate of drug-likeness (QED) is 0.544. The van der Waals surface area contributed by atoms with Gasteiger partial charge in [-0.2, -0.15) is 0 Å². The van der Waals surface area contributed by atoms with Gasteiger partial charge in [-0.15, -0.1) is 0 Å². The number of rotatable bonds is 8. The molecule has 22 heavy (non-hydrogen) atoms. The summed E-state index contributed by atoms with van der Waals surface area (Å²) in [7, 11) is 0. The van der Waals surface area contributed by atoms with Gasteiger partial charge in [0.25, 0.3) is 11.8 Å². The van der Waals surface area contributed by atoms with E-state index in [1.54, 1.807) is 24.3 Å². The summed E-state index contributed by atoms with van der Waals surface area (Å²) >= 11 is 0. The number of carbonyl (C=O) groups is 2. The molecule has 2 amide bonds. The average Bonchev–Trinajstić information content (AvgIpc) is 2.75. The van der Waals surface area contributed by atoms with Crippen molar-refractivity contribution in [1.82, 2.24) is 4.90 Å². The highest BCUT2D eigenvalue weighted by Crippen LogP contribution is 2.29. The zero-order chi connectivity index (χ0) is 16.2. The number of unbranched alkanes of at least 4 members (excludes halogenated alkanes) is 3. The fourth-order valence-corrected chi connectivity index (χ4v) is 2.76. The minimum Gasteiger partial charge on any atom is -0.379 e. The summed E-state index contributed by atoms with van der Waals surface area (Å²) in [6.07, 6.45) is 4.58. The van der Waals surface area contributed by atoms with Crippen molar-refractivity contribution in [2.75, 3.05) is 13.2 Å². The molecule has 0 atom stereocenters. The van der Waals surface area contributed by atoms with Crippen LogP contribution >= 0.6 is 0 Å². The van der Waals surface area contributed by atoms with Crippen molar-refractivity contribution in [2.45, 2.75) is 52.0 Å². The molecule has 0 saturated carbocycles. The molecule has 4 heteroatoms. The highest BCUT2D eigenvalue weighted by atomic mass is 16.5. The Morgan fingerprint density at radius 1 is 1.00 bits per heavy atom. The first kappa shape index (κ1) is 16.7. The molecule has 0 spiro atoms. The van der Waals surface area contributed by atoms with Gasteiger partial charge in [0.05, 0.1) is 23.3 Å². The highest BCUT2D eigenvalue weighted by Gasteiger charge is 2.43. The third-order valence-electron chi connectivity index (χ3n) is 4.00. The van der Waals surface area contributed by atoms with Gasteiger partial charge in [0, 0.05) is 6.61 Å². The van der Waals surface area contributed by atoms with E-state index >= 15 is 0 Å². The van der Waals surface area contributed by atoms with Crippen LogP contribution in [0.5, 0.6) is 0 Å². The van der Waals surface area contributed by atoms with E-state index in [9.17, 15) is 9.59 Å². The maximum absolute atomic E-state index is 12.5. The number of nitrogens with zero attached hydrogens (tertiary/aromatic N) is 1. The number of benzene rings is 1. The number of hydrogen-bond acceptors (Lipinski definition) is 3. The molecular weight excluding hydrogens is 278 g/mol. The molecule has 2 rings (SSSR count). The van der Waals surface area contributed by atoms with Crippen molar-refractivity contribution in [3.8, 4) is 0 Å². The lowest BCUT2D eigenvalue weighted by Gasteiger charge is -2.33. The van der Waals surface area contributed by atoms with Crippen molar-refractivity contribution >= 4 is 11.8 Å². The zero-order valence-corrected chi connectivity index (χ0v) is 13.7. The first-order chi connectivity index (χ1) is 10.5. The number of carbonyl (C=O) groups excluding carboxylic acids is 2. The van der Waals surface area contributed by atoms with Crippen LogP contribution in [0.15, 0.2) is 24.3 Å². The second-order valence-corrected chi connectivity index (χ2v) is 6.42. The maximum Gasteiger partial charge on any atom is 0.262 e. The zero-order valence-electron chi connectivity index (χ0n) is 13.7. The lowest BCUT2D eigenvalue weighted by Crippen LogP contribution is -2.50. The van der Waals surface area contributed by atoms with E-state index in [0.29, 0.717) is 24.3 Å². The second-order valence-electron chi connectivity index (χ2n) is 6.42. The Kier molecular flexibility index (Phi) is 5.35. The molecule has 1 aliphatic heterocycles. The van der Waals surface area contributed by atoms with Crippen LogP contribution in [0.2, 0.25) is 0 Å². The summed E-state index contributed by atoms with van der Waals surface area (Å²) in [5.74, 6) is -0.444. The summed E-state index contributed by atoms with van der Waals surface area (Å²) in [6, 6.07) is 6.98. The van der Waals surface area contributed by atoms with Crippen LogP contribution in [0.4, 0.5) is 0 Å². The molecule has 0 radical (unpaired) electrons. The van der Waals surface area contributed by atoms with Gasteiger partial charge < -0.3 is 4.74 Å². The van der Waals surface area contributed by atoms with E-state index in [1.165, 1.54) is 17.7 Å². The summed E-state index contributed by atoms with van der Waals surface area (Å²) in [5.41, 5.74) is 0.338. The number of fused-ring (bicyclic) bond motifs is 1. The van der Waals surface area contributed by atoms with Gasteiger partial charge in [-0.3, -0.25) is 14.5 Å². The molecule has 0 N–H and O–H groups in total. The van der Waals surface area contributed by atoms with E-state index in [4.69, 9.17) is 4.74 Å². The summed E-state index contributed by atoms with van der Waals surface area (Å²) in [4.78, 5) is 26.3. The predicted molar refractivity (Wildman–Crippen MR) is 86.0 cm³/mol. The monoisotopic (exact) mass is 303 g/mol. The average molecular weight is 303 g/mol. The van der Waals surface area contributed by atoms with E-state index in [2.05, 4.69) is 6.92 Å². The molecule has 1 aliphatic rings. The van der Waals surface area contributed by atoms with Crippen molar-refractivity contribution in [3.63, 3.8) is 0 Å². The summed E-state index contributed by atoms with van der Waals surface area (Å²) in [5, 5.41) is 0. The lowest BCUT2D eigenvalue weighted by atomic mass is 10.0. The molecule has 0 saturated heterocycles. The highest BCUT2D eigenvalue weighted by molar-refractivity contribution is 6.21. The molecule has 1 aromatic rings. The predicted octanol–water partition coefficient (Wildman–Crippen LogP) is 3.66. The topological polar surface area (TPSA) is 46.6 Å². The first-order valence-electron chi connectivity index (χ1n) is 8.04. The summed E-state index contributed by atoms with van der Waals surface area (Å²) < 4.78 is 5.71. The molecule has 0 bridgehead atoms. The Hall–Kier alpha value is -1.68. The molecule has 0 unspecified atom stereocenters. The van der Waals surface area contributed by atoms with E-state index in [-0.39, 0.29) is 11.8 Å². The largest absolute Gasteiger partial charge is 0.379 e. The number of amides is 2. The van der Waals surface area contributed by atoms with Gasteiger partial charge >= 0.3 is 0 Å². The fraction of sp³-hybridized carbons (Fsp3) is 0.556. The van der Waals surface area contributed by atoms with Crippen LogP contribution in [0.25, 0.3) is 0 Å². The normalized spacial score (nSPS) is 14.6. The van der Waals surface area contributed by atoms with Crippen molar-refractivity contribution in [1.29, 1.82) is 0 Å². The molecular formula is C18H25NO3. The Bertz CT molecular complexity index is 516. The Morgan fingerprint density at radius 3 is 2.14 bits per heavy atom. The van der Waals surface area contributed by atoms with Gasteiger partial charge in [-0.25, -0.2) is 0 Å². The molecule has 1 aromatic carbocycles. The SMILES string of the molecule is CCCCCCOCC(C)(C)N1C(=O)c2ccccc2C1=O. The van der Waals surface area contributed by atoms with Crippen LogP contribution in [0, 0.1) is 0 Å². The third-order valence-corrected chi connectivity index (χ3v) is 4.00. The van der Waals surface area contributed by atoms with Gasteiger partial charge in [0.2, 0.25) is 0 Å². The van der Waals surface area contributed by atoms with E-state index in [1.807, 2.05) is 13.8 Å². The molecule has 1 heterocycles. The van der Waals surface area contributed by atoms with Crippen LogP contribution in [0.1, 0.15) is 67.2 Å². The molecule has 0 aromatic heterocycles. The lowest BCUT2D eigenvalue weighted by molar-refractivity contribution is 0.0155. The third kappa shape index (κ3) is 3.38. The van der Waals surface area contributed by atoms with Crippen LogP contribution in [-0.4, -0.2) is 35.5 Å². The van der Waals surface area contributed by atoms with Crippen molar-refractivity contribution in [2.24, 2.45) is 0 Å². The Balaban J connectivity index is 1.96. The Labute approximate surface area is 132 Å². The minimum atomic E-state index is -0.641. The number of hydrogen-bond donors (Lipinski definition) is 0. The summed E-state index contributed by atoms with van der Waals surface area (Å²) in [6.45, 7) is 6.96. The van der Waals surface area contributed by atoms with Crippen LogP contribution in [0.3, 0.4) is 0 Å². The smallest absolute Gasteiger partial charge is 0.262 e.